The van der Waals surface area contributed by atoms with Crippen molar-refractivity contribution in [3.8, 4) is 0 Å². The van der Waals surface area contributed by atoms with E-state index in [1.165, 1.54) is 0 Å². The molecule has 1 aliphatic carbocycles. The summed E-state index contributed by atoms with van der Waals surface area (Å²) in [6, 6.07) is 15.1. The number of aliphatic hydroxyl groups is 1. The van der Waals surface area contributed by atoms with Gasteiger partial charge in [-0.1, -0.05) is 59.6 Å². The summed E-state index contributed by atoms with van der Waals surface area (Å²) in [6.07, 6.45) is 0.595. The summed E-state index contributed by atoms with van der Waals surface area (Å²) >= 11 is 12.2. The molecule has 0 unspecified atom stereocenters. The summed E-state index contributed by atoms with van der Waals surface area (Å²) in [5, 5.41) is 13.7. The van der Waals surface area contributed by atoms with E-state index < -0.39 is 11.0 Å². The van der Waals surface area contributed by atoms with Crippen LogP contribution < -0.4 is 5.32 Å². The highest BCUT2D eigenvalue weighted by atomic mass is 35.5. The maximum absolute atomic E-state index is 13.2. The Hall–Kier alpha value is -1.55. The highest BCUT2D eigenvalue weighted by molar-refractivity contribution is 6.42. The Labute approximate surface area is 158 Å². The molecule has 3 rings (SSSR count). The van der Waals surface area contributed by atoms with Crippen molar-refractivity contribution in [2.45, 2.75) is 31.2 Å². The van der Waals surface area contributed by atoms with Crippen molar-refractivity contribution < 1.29 is 9.90 Å². The fourth-order valence-corrected chi connectivity index (χ4v) is 3.71. The Bertz CT molecular complexity index is 792. The molecule has 132 valence electrons. The van der Waals surface area contributed by atoms with E-state index in [-0.39, 0.29) is 18.4 Å². The van der Waals surface area contributed by atoms with E-state index in [0.717, 1.165) is 11.1 Å². The lowest BCUT2D eigenvalue weighted by Crippen LogP contribution is -2.47. The van der Waals surface area contributed by atoms with Crippen LogP contribution in [0.5, 0.6) is 0 Å². The average Bonchev–Trinajstić information content (AvgIpc) is 3.34. The fraction of sp³-hybridized carbons (Fsp3) is 0.350. The van der Waals surface area contributed by atoms with Crippen LogP contribution in [-0.4, -0.2) is 17.6 Å². The van der Waals surface area contributed by atoms with Gasteiger partial charge >= 0.3 is 0 Å². The summed E-state index contributed by atoms with van der Waals surface area (Å²) in [7, 11) is 0. The maximum Gasteiger partial charge on any atom is 0.231 e. The third-order valence-corrected chi connectivity index (χ3v) is 5.83. The van der Waals surface area contributed by atoms with E-state index in [1.54, 1.807) is 12.1 Å². The van der Waals surface area contributed by atoms with Gasteiger partial charge in [0.2, 0.25) is 5.91 Å². The fourth-order valence-electron chi connectivity index (χ4n) is 3.41. The smallest absolute Gasteiger partial charge is 0.231 e. The number of aliphatic hydroxyl groups excluding tert-OH is 1. The molecule has 2 N–H and O–H groups in total. The van der Waals surface area contributed by atoms with Crippen molar-refractivity contribution in [3.05, 3.63) is 69.7 Å². The van der Waals surface area contributed by atoms with E-state index in [1.807, 2.05) is 50.2 Å². The Kier molecular flexibility index (Phi) is 4.84. The van der Waals surface area contributed by atoms with Gasteiger partial charge in [0.25, 0.3) is 0 Å². The lowest BCUT2D eigenvalue weighted by Gasteiger charge is -2.30. The SMILES string of the molecule is CC(C)(NC(=O)[C@@]1(c2ccc(Cl)c(Cl)c2)C[C@H]1CO)c1ccccc1. The predicted octanol–water partition coefficient (Wildman–Crippen LogP) is 4.29. The Balaban J connectivity index is 1.91. The molecule has 0 heterocycles. The third-order valence-electron chi connectivity index (χ3n) is 5.09. The molecule has 0 bridgehead atoms. The molecule has 1 amide bonds. The van der Waals surface area contributed by atoms with E-state index in [4.69, 9.17) is 23.2 Å². The summed E-state index contributed by atoms with van der Waals surface area (Å²) in [6.45, 7) is 3.90. The van der Waals surface area contributed by atoms with Crippen LogP contribution in [0.1, 0.15) is 31.4 Å². The molecule has 0 aromatic heterocycles. The maximum atomic E-state index is 13.2. The summed E-state index contributed by atoms with van der Waals surface area (Å²) in [5.74, 6) is -0.213. The van der Waals surface area contributed by atoms with Gasteiger partial charge in [-0.05, 0) is 43.5 Å². The van der Waals surface area contributed by atoms with Gasteiger partial charge in [-0.15, -0.1) is 0 Å². The number of amides is 1. The minimum Gasteiger partial charge on any atom is -0.396 e. The number of benzene rings is 2. The van der Waals surface area contributed by atoms with E-state index >= 15 is 0 Å². The second-order valence-electron chi connectivity index (χ2n) is 7.13. The molecule has 0 radical (unpaired) electrons. The molecule has 2 aromatic carbocycles. The minimum absolute atomic E-state index is 0.0422. The predicted molar refractivity (Wildman–Crippen MR) is 101 cm³/mol. The molecular weight excluding hydrogens is 357 g/mol. The van der Waals surface area contributed by atoms with Crippen LogP contribution in [0.2, 0.25) is 10.0 Å². The normalized spacial score (nSPS) is 22.5. The van der Waals surface area contributed by atoms with Crippen LogP contribution in [0.25, 0.3) is 0 Å². The van der Waals surface area contributed by atoms with E-state index in [2.05, 4.69) is 5.32 Å². The molecule has 1 fully saturated rings. The molecule has 1 aliphatic rings. The number of rotatable bonds is 5. The molecule has 1 saturated carbocycles. The quantitative estimate of drug-likeness (QED) is 0.815. The molecule has 3 nitrogen and oxygen atoms in total. The second kappa shape index (κ2) is 6.64. The molecule has 2 atom stereocenters. The summed E-state index contributed by atoms with van der Waals surface area (Å²) < 4.78 is 0. The first-order chi connectivity index (χ1) is 11.8. The van der Waals surface area contributed by atoms with Crippen LogP contribution in [0.4, 0.5) is 0 Å². The van der Waals surface area contributed by atoms with Crippen LogP contribution in [0, 0.1) is 5.92 Å². The van der Waals surface area contributed by atoms with Gasteiger partial charge in [-0.3, -0.25) is 4.79 Å². The molecular formula is C20H21Cl2NO2. The number of halogens is 2. The highest BCUT2D eigenvalue weighted by Gasteiger charge is 2.61. The molecule has 25 heavy (non-hydrogen) atoms. The standard InChI is InChI=1S/C20H21Cl2NO2/c1-19(2,13-6-4-3-5-7-13)23-18(25)20(11-15(20)12-24)14-8-9-16(21)17(22)10-14/h3-10,15,24H,11-12H2,1-2H3,(H,23,25)/t15-,20+/m0/s1. The molecule has 5 heteroatoms. The van der Waals surface area contributed by atoms with E-state index in [0.29, 0.717) is 16.5 Å². The number of carbonyl (C=O) groups excluding carboxylic acids is 1. The monoisotopic (exact) mass is 377 g/mol. The van der Waals surface area contributed by atoms with Gasteiger partial charge in [0.15, 0.2) is 0 Å². The molecule has 0 saturated heterocycles. The Morgan fingerprint density at radius 1 is 1.20 bits per heavy atom. The summed E-state index contributed by atoms with van der Waals surface area (Å²) in [4.78, 5) is 13.2. The first-order valence-corrected chi connectivity index (χ1v) is 9.01. The van der Waals surface area contributed by atoms with Gasteiger partial charge in [-0.25, -0.2) is 0 Å². The average molecular weight is 378 g/mol. The topological polar surface area (TPSA) is 49.3 Å². The lowest BCUT2D eigenvalue weighted by atomic mass is 9.88. The zero-order valence-electron chi connectivity index (χ0n) is 14.2. The van der Waals surface area contributed by atoms with Crippen LogP contribution in [0.3, 0.4) is 0 Å². The third kappa shape index (κ3) is 3.29. The number of carbonyl (C=O) groups is 1. The largest absolute Gasteiger partial charge is 0.396 e. The zero-order valence-corrected chi connectivity index (χ0v) is 15.7. The van der Waals surface area contributed by atoms with Gasteiger partial charge < -0.3 is 10.4 Å². The van der Waals surface area contributed by atoms with Crippen molar-refractivity contribution in [3.63, 3.8) is 0 Å². The van der Waals surface area contributed by atoms with Gasteiger partial charge in [0.1, 0.15) is 0 Å². The van der Waals surface area contributed by atoms with Crippen molar-refractivity contribution in [2.75, 3.05) is 6.61 Å². The second-order valence-corrected chi connectivity index (χ2v) is 7.94. The molecule has 0 spiro atoms. The Morgan fingerprint density at radius 2 is 1.88 bits per heavy atom. The number of hydrogen-bond donors (Lipinski definition) is 2. The number of hydrogen-bond acceptors (Lipinski definition) is 2. The first-order valence-electron chi connectivity index (χ1n) is 8.26. The lowest BCUT2D eigenvalue weighted by molar-refractivity contribution is -0.125. The van der Waals surface area contributed by atoms with Crippen LogP contribution >= 0.6 is 23.2 Å². The minimum atomic E-state index is -0.755. The Morgan fingerprint density at radius 3 is 2.44 bits per heavy atom. The molecule has 2 aromatic rings. The van der Waals surface area contributed by atoms with Gasteiger partial charge in [0, 0.05) is 12.5 Å². The highest BCUT2D eigenvalue weighted by Crippen LogP contribution is 2.55. The van der Waals surface area contributed by atoms with Gasteiger partial charge in [0.05, 0.1) is 21.0 Å². The van der Waals surface area contributed by atoms with Crippen molar-refractivity contribution >= 4 is 29.1 Å². The van der Waals surface area contributed by atoms with Gasteiger partial charge in [-0.2, -0.15) is 0 Å². The zero-order chi connectivity index (χ0) is 18.2. The first kappa shape index (κ1) is 18.2. The van der Waals surface area contributed by atoms with Crippen LogP contribution in [-0.2, 0) is 15.7 Å². The van der Waals surface area contributed by atoms with Crippen molar-refractivity contribution in [1.29, 1.82) is 0 Å². The van der Waals surface area contributed by atoms with E-state index in [9.17, 15) is 9.90 Å². The van der Waals surface area contributed by atoms with Crippen LogP contribution in [0.15, 0.2) is 48.5 Å². The van der Waals surface area contributed by atoms with Crippen molar-refractivity contribution in [2.24, 2.45) is 5.92 Å². The summed E-state index contributed by atoms with van der Waals surface area (Å²) in [5.41, 5.74) is 0.537. The number of nitrogens with one attached hydrogen (secondary N) is 1. The van der Waals surface area contributed by atoms with Crippen molar-refractivity contribution in [1.82, 2.24) is 5.32 Å². The molecule has 0 aliphatic heterocycles.